The highest BCUT2D eigenvalue weighted by molar-refractivity contribution is 9.10. The van der Waals surface area contributed by atoms with E-state index < -0.39 is 0 Å². The van der Waals surface area contributed by atoms with Crippen LogP contribution in [0.5, 0.6) is 0 Å². The Labute approximate surface area is 108 Å². The number of nitrogens with zero attached hydrogens (tertiary/aromatic N) is 1. The molecule has 0 spiro atoms. The van der Waals surface area contributed by atoms with Crippen LogP contribution in [0.15, 0.2) is 47.6 Å². The molecule has 4 heteroatoms. The van der Waals surface area contributed by atoms with Gasteiger partial charge < -0.3 is 5.32 Å². The number of carbonyl (C=O) groups is 1. The second kappa shape index (κ2) is 5.10. The maximum absolute atomic E-state index is 11.5. The fourth-order valence-electron chi connectivity index (χ4n) is 1.57. The van der Waals surface area contributed by atoms with Gasteiger partial charge in [0.25, 0.3) is 0 Å². The molecule has 0 aliphatic rings. The van der Waals surface area contributed by atoms with Gasteiger partial charge in [0.1, 0.15) is 0 Å². The zero-order valence-corrected chi connectivity index (χ0v) is 10.7. The van der Waals surface area contributed by atoms with Crippen molar-refractivity contribution in [2.75, 3.05) is 5.32 Å². The standard InChI is InChI=1S/C13H11BrN2O/c1-2-4-12(17)16-11-6-3-5-9-7-10(14)8-15-13(9)11/h2-3,5-8H,1,4H2,(H,16,17). The molecule has 0 saturated heterocycles. The second-order valence-electron chi connectivity index (χ2n) is 3.57. The summed E-state index contributed by atoms with van der Waals surface area (Å²) >= 11 is 3.37. The van der Waals surface area contributed by atoms with Gasteiger partial charge in [0, 0.05) is 22.5 Å². The van der Waals surface area contributed by atoms with E-state index in [1.54, 1.807) is 12.3 Å². The molecule has 0 saturated carbocycles. The fourth-order valence-corrected chi connectivity index (χ4v) is 1.92. The maximum Gasteiger partial charge on any atom is 0.228 e. The summed E-state index contributed by atoms with van der Waals surface area (Å²) in [6, 6.07) is 7.64. The largest absolute Gasteiger partial charge is 0.324 e. The van der Waals surface area contributed by atoms with E-state index in [0.29, 0.717) is 6.42 Å². The molecule has 0 aliphatic heterocycles. The molecular weight excluding hydrogens is 280 g/mol. The number of anilines is 1. The molecular formula is C13H11BrN2O. The quantitative estimate of drug-likeness (QED) is 0.879. The van der Waals surface area contributed by atoms with Crippen LogP contribution in [-0.4, -0.2) is 10.9 Å². The SMILES string of the molecule is C=CCC(=O)Nc1cccc2cc(Br)cnc12. The van der Waals surface area contributed by atoms with E-state index in [1.165, 1.54) is 0 Å². The number of pyridine rings is 1. The van der Waals surface area contributed by atoms with E-state index >= 15 is 0 Å². The molecule has 1 amide bonds. The van der Waals surface area contributed by atoms with Crippen molar-refractivity contribution in [3.05, 3.63) is 47.6 Å². The zero-order valence-electron chi connectivity index (χ0n) is 9.11. The summed E-state index contributed by atoms with van der Waals surface area (Å²) in [7, 11) is 0. The number of rotatable bonds is 3. The molecule has 0 radical (unpaired) electrons. The number of hydrogen-bond acceptors (Lipinski definition) is 2. The lowest BCUT2D eigenvalue weighted by Gasteiger charge is -2.07. The van der Waals surface area contributed by atoms with Gasteiger partial charge in [0.15, 0.2) is 0 Å². The van der Waals surface area contributed by atoms with Gasteiger partial charge in [-0.25, -0.2) is 0 Å². The first kappa shape index (κ1) is 11.8. The minimum absolute atomic E-state index is 0.0859. The van der Waals surface area contributed by atoms with E-state index in [4.69, 9.17) is 0 Å². The van der Waals surface area contributed by atoms with Crippen molar-refractivity contribution in [2.24, 2.45) is 0 Å². The van der Waals surface area contributed by atoms with Gasteiger partial charge in [0.05, 0.1) is 11.2 Å². The van der Waals surface area contributed by atoms with Crippen molar-refractivity contribution in [2.45, 2.75) is 6.42 Å². The van der Waals surface area contributed by atoms with Gasteiger partial charge in [-0.05, 0) is 28.1 Å². The number of carbonyl (C=O) groups excluding carboxylic acids is 1. The molecule has 2 aromatic rings. The third-order valence-corrected chi connectivity index (χ3v) is 2.72. The Kier molecular flexibility index (Phi) is 3.54. The number of aromatic nitrogens is 1. The van der Waals surface area contributed by atoms with Gasteiger partial charge in [0.2, 0.25) is 5.91 Å². The van der Waals surface area contributed by atoms with Crippen LogP contribution in [0.3, 0.4) is 0 Å². The van der Waals surface area contributed by atoms with Crippen LogP contribution in [-0.2, 0) is 4.79 Å². The number of fused-ring (bicyclic) bond motifs is 1. The first-order chi connectivity index (χ1) is 8.20. The number of benzene rings is 1. The Morgan fingerprint density at radius 2 is 2.35 bits per heavy atom. The van der Waals surface area contributed by atoms with Crippen molar-refractivity contribution in [3.63, 3.8) is 0 Å². The number of amides is 1. The molecule has 86 valence electrons. The molecule has 0 unspecified atom stereocenters. The molecule has 17 heavy (non-hydrogen) atoms. The van der Waals surface area contributed by atoms with Gasteiger partial charge in [-0.15, -0.1) is 6.58 Å². The number of para-hydroxylation sites is 1. The van der Waals surface area contributed by atoms with E-state index in [1.807, 2.05) is 24.3 Å². The Balaban J connectivity index is 2.40. The highest BCUT2D eigenvalue weighted by atomic mass is 79.9. The lowest BCUT2D eigenvalue weighted by molar-refractivity contribution is -0.115. The van der Waals surface area contributed by atoms with Crippen LogP contribution < -0.4 is 5.32 Å². The summed E-state index contributed by atoms with van der Waals surface area (Å²) in [5.74, 6) is -0.0859. The van der Waals surface area contributed by atoms with Gasteiger partial charge in [-0.3, -0.25) is 9.78 Å². The van der Waals surface area contributed by atoms with Gasteiger partial charge in [-0.1, -0.05) is 18.2 Å². The molecule has 1 aromatic carbocycles. The topological polar surface area (TPSA) is 42.0 Å². The smallest absolute Gasteiger partial charge is 0.228 e. The minimum Gasteiger partial charge on any atom is -0.324 e. The molecule has 1 heterocycles. The molecule has 1 aromatic heterocycles. The molecule has 3 nitrogen and oxygen atoms in total. The van der Waals surface area contributed by atoms with Crippen molar-refractivity contribution in [1.29, 1.82) is 0 Å². The summed E-state index contributed by atoms with van der Waals surface area (Å²) in [6.45, 7) is 3.53. The van der Waals surface area contributed by atoms with Crippen molar-refractivity contribution in [3.8, 4) is 0 Å². The normalized spacial score (nSPS) is 10.2. The van der Waals surface area contributed by atoms with Gasteiger partial charge >= 0.3 is 0 Å². The first-order valence-electron chi connectivity index (χ1n) is 5.16. The lowest BCUT2D eigenvalue weighted by Crippen LogP contribution is -2.10. The summed E-state index contributed by atoms with van der Waals surface area (Å²) in [5, 5.41) is 3.80. The number of halogens is 1. The number of nitrogens with one attached hydrogen (secondary N) is 1. The van der Waals surface area contributed by atoms with Crippen LogP contribution in [0.4, 0.5) is 5.69 Å². The van der Waals surface area contributed by atoms with Crippen LogP contribution in [0.25, 0.3) is 10.9 Å². The predicted octanol–water partition coefficient (Wildman–Crippen LogP) is 3.51. The van der Waals surface area contributed by atoms with Crippen LogP contribution in [0.2, 0.25) is 0 Å². The van der Waals surface area contributed by atoms with E-state index in [2.05, 4.69) is 32.8 Å². The zero-order chi connectivity index (χ0) is 12.3. The third-order valence-electron chi connectivity index (χ3n) is 2.28. The average Bonchev–Trinajstić information content (AvgIpc) is 2.29. The second-order valence-corrected chi connectivity index (χ2v) is 4.49. The summed E-state index contributed by atoms with van der Waals surface area (Å²) < 4.78 is 0.916. The molecule has 0 bridgehead atoms. The van der Waals surface area contributed by atoms with Crippen molar-refractivity contribution < 1.29 is 4.79 Å². The van der Waals surface area contributed by atoms with Crippen molar-refractivity contribution >= 4 is 38.4 Å². The van der Waals surface area contributed by atoms with E-state index in [9.17, 15) is 4.79 Å². The lowest BCUT2D eigenvalue weighted by atomic mass is 10.2. The van der Waals surface area contributed by atoms with Gasteiger partial charge in [-0.2, -0.15) is 0 Å². The Morgan fingerprint density at radius 3 is 3.12 bits per heavy atom. The Hall–Kier alpha value is -1.68. The van der Waals surface area contributed by atoms with E-state index in [-0.39, 0.29) is 5.91 Å². The van der Waals surface area contributed by atoms with Crippen LogP contribution >= 0.6 is 15.9 Å². The molecule has 0 fully saturated rings. The summed E-state index contributed by atoms with van der Waals surface area (Å²) in [4.78, 5) is 15.8. The molecule has 1 N–H and O–H groups in total. The van der Waals surface area contributed by atoms with Crippen LogP contribution in [0, 0.1) is 0 Å². The number of hydrogen-bond donors (Lipinski definition) is 1. The maximum atomic E-state index is 11.5. The molecule has 0 aliphatic carbocycles. The minimum atomic E-state index is -0.0859. The average molecular weight is 291 g/mol. The highest BCUT2D eigenvalue weighted by Crippen LogP contribution is 2.23. The van der Waals surface area contributed by atoms with Crippen LogP contribution in [0.1, 0.15) is 6.42 Å². The van der Waals surface area contributed by atoms with E-state index in [0.717, 1.165) is 21.1 Å². The Morgan fingerprint density at radius 1 is 1.53 bits per heavy atom. The molecule has 0 atom stereocenters. The predicted molar refractivity (Wildman–Crippen MR) is 72.9 cm³/mol. The summed E-state index contributed by atoms with van der Waals surface area (Å²) in [5.41, 5.74) is 1.51. The highest BCUT2D eigenvalue weighted by Gasteiger charge is 2.05. The molecule has 2 rings (SSSR count). The third kappa shape index (κ3) is 2.71. The first-order valence-corrected chi connectivity index (χ1v) is 5.95. The monoisotopic (exact) mass is 290 g/mol. The van der Waals surface area contributed by atoms with Crippen molar-refractivity contribution in [1.82, 2.24) is 4.98 Å². The summed E-state index contributed by atoms with van der Waals surface area (Å²) in [6.07, 6.45) is 3.59. The Bertz CT molecular complexity index is 581. The fraction of sp³-hybridized carbons (Fsp3) is 0.0769.